The van der Waals surface area contributed by atoms with Gasteiger partial charge in [0.1, 0.15) is 3.58 Å². The summed E-state index contributed by atoms with van der Waals surface area (Å²) in [6, 6.07) is 0. The Balaban J connectivity index is 2.64. The van der Waals surface area contributed by atoms with Gasteiger partial charge >= 0.3 is 5.97 Å². The fraction of sp³-hybridized carbons (Fsp3) is 0.667. The van der Waals surface area contributed by atoms with E-state index in [-0.39, 0.29) is 5.97 Å². The van der Waals surface area contributed by atoms with Gasteiger partial charge in [0, 0.05) is 0 Å². The summed E-state index contributed by atoms with van der Waals surface area (Å²) in [7, 11) is 0. The van der Waals surface area contributed by atoms with E-state index in [0.29, 0.717) is 6.61 Å². The molecule has 0 N–H and O–H groups in total. The Kier molecular flexibility index (Phi) is 6.36. The molecule has 14 heavy (non-hydrogen) atoms. The van der Waals surface area contributed by atoms with Gasteiger partial charge in [0.25, 0.3) is 0 Å². The normalized spacial score (nSPS) is 17.4. The van der Waals surface area contributed by atoms with E-state index < -0.39 is 0 Å². The molecule has 0 spiro atoms. The van der Waals surface area contributed by atoms with Gasteiger partial charge in [-0.1, -0.05) is 0 Å². The monoisotopic (exact) mass is 344 g/mol. The van der Waals surface area contributed by atoms with Crippen molar-refractivity contribution in [2.45, 2.75) is 19.8 Å². The maximum Gasteiger partial charge on any atom is 0.346 e. The summed E-state index contributed by atoms with van der Waals surface area (Å²) in [6.07, 6.45) is 2.49. The number of ether oxygens (including phenoxy) is 1. The van der Waals surface area contributed by atoms with Crippen molar-refractivity contribution in [3.8, 4) is 0 Å². The van der Waals surface area contributed by atoms with Gasteiger partial charge in [-0.15, -0.1) is 23.5 Å². The van der Waals surface area contributed by atoms with E-state index in [9.17, 15) is 4.79 Å². The Morgan fingerprint density at radius 2 is 2.00 bits per heavy atom. The summed E-state index contributed by atoms with van der Waals surface area (Å²) in [4.78, 5) is 11.4. The SMILES string of the molecule is CCOC(=O)C(I)=C1SCCCCS1. The summed E-state index contributed by atoms with van der Waals surface area (Å²) in [5.41, 5.74) is 0. The standard InChI is InChI=1S/C9H13IO2S2/c1-2-12-8(11)7(10)9-13-5-3-4-6-14-9/h2-6H2,1H3. The van der Waals surface area contributed by atoms with Crippen LogP contribution in [-0.2, 0) is 9.53 Å². The Morgan fingerprint density at radius 1 is 1.43 bits per heavy atom. The van der Waals surface area contributed by atoms with Crippen molar-refractivity contribution in [3.05, 3.63) is 7.82 Å². The predicted molar refractivity (Wildman–Crippen MR) is 71.8 cm³/mol. The molecule has 0 aromatic rings. The molecule has 1 rings (SSSR count). The average molecular weight is 344 g/mol. The molecule has 0 saturated carbocycles. The predicted octanol–water partition coefficient (Wildman–Crippen LogP) is 3.41. The first-order chi connectivity index (χ1) is 6.75. The van der Waals surface area contributed by atoms with Crippen molar-refractivity contribution in [2.24, 2.45) is 0 Å². The number of carbonyl (C=O) groups excluding carboxylic acids is 1. The van der Waals surface area contributed by atoms with E-state index in [1.54, 1.807) is 23.5 Å². The van der Waals surface area contributed by atoms with Gasteiger partial charge in [-0.25, -0.2) is 4.79 Å². The second-order valence-corrected chi connectivity index (χ2v) is 6.27. The highest BCUT2D eigenvalue weighted by molar-refractivity contribution is 14.1. The third kappa shape index (κ3) is 4.02. The third-order valence-corrected chi connectivity index (χ3v) is 5.98. The van der Waals surface area contributed by atoms with Gasteiger partial charge in [0.05, 0.1) is 10.8 Å². The molecule has 1 saturated heterocycles. The van der Waals surface area contributed by atoms with E-state index >= 15 is 0 Å². The molecule has 2 nitrogen and oxygen atoms in total. The fourth-order valence-corrected chi connectivity index (χ4v) is 4.39. The average Bonchev–Trinajstić information content (AvgIpc) is 2.45. The summed E-state index contributed by atoms with van der Waals surface area (Å²) in [6.45, 7) is 2.29. The molecule has 1 heterocycles. The summed E-state index contributed by atoms with van der Waals surface area (Å²) in [5.74, 6) is 2.06. The minimum atomic E-state index is -0.176. The van der Waals surface area contributed by atoms with Crippen molar-refractivity contribution in [2.75, 3.05) is 18.1 Å². The van der Waals surface area contributed by atoms with Crippen LogP contribution in [0.5, 0.6) is 0 Å². The van der Waals surface area contributed by atoms with E-state index in [2.05, 4.69) is 22.6 Å². The molecule has 0 atom stereocenters. The Bertz CT molecular complexity index is 231. The number of thioether (sulfide) groups is 2. The zero-order valence-electron chi connectivity index (χ0n) is 8.05. The molecule has 0 amide bonds. The molecular weight excluding hydrogens is 331 g/mol. The second kappa shape index (κ2) is 7.00. The Labute approximate surface area is 107 Å². The Hall–Kier alpha value is 0.640. The Morgan fingerprint density at radius 3 is 2.50 bits per heavy atom. The van der Waals surface area contributed by atoms with Crippen LogP contribution in [0.2, 0.25) is 0 Å². The van der Waals surface area contributed by atoms with E-state index in [1.165, 1.54) is 12.8 Å². The van der Waals surface area contributed by atoms with Gasteiger partial charge in [0.15, 0.2) is 0 Å². The van der Waals surface area contributed by atoms with Crippen LogP contribution in [0.4, 0.5) is 0 Å². The number of carbonyl (C=O) groups is 1. The quantitative estimate of drug-likeness (QED) is 0.436. The van der Waals surface area contributed by atoms with Gasteiger partial charge in [0.2, 0.25) is 0 Å². The lowest BCUT2D eigenvalue weighted by Gasteiger charge is -2.05. The first-order valence-corrected chi connectivity index (χ1v) is 7.63. The smallest absolute Gasteiger partial charge is 0.346 e. The molecule has 0 radical (unpaired) electrons. The minimum Gasteiger partial charge on any atom is -0.462 e. The number of rotatable bonds is 2. The second-order valence-electron chi connectivity index (χ2n) is 2.73. The van der Waals surface area contributed by atoms with Gasteiger partial charge in [-0.05, 0) is 53.9 Å². The molecular formula is C9H13IO2S2. The van der Waals surface area contributed by atoms with Crippen LogP contribution < -0.4 is 0 Å². The van der Waals surface area contributed by atoms with Crippen LogP contribution in [0, 0.1) is 0 Å². The van der Waals surface area contributed by atoms with Crippen LogP contribution >= 0.6 is 46.1 Å². The maximum atomic E-state index is 11.4. The number of esters is 1. The lowest BCUT2D eigenvalue weighted by Crippen LogP contribution is -2.04. The number of halogens is 1. The highest BCUT2D eigenvalue weighted by Gasteiger charge is 2.16. The van der Waals surface area contributed by atoms with Crippen LogP contribution in [0.1, 0.15) is 19.8 Å². The summed E-state index contributed by atoms with van der Waals surface area (Å²) < 4.78 is 6.86. The van der Waals surface area contributed by atoms with Crippen molar-refractivity contribution >= 4 is 52.1 Å². The fourth-order valence-electron chi connectivity index (χ4n) is 0.980. The maximum absolute atomic E-state index is 11.4. The van der Waals surface area contributed by atoms with Crippen LogP contribution in [0.3, 0.4) is 0 Å². The van der Waals surface area contributed by atoms with Crippen LogP contribution in [-0.4, -0.2) is 24.1 Å². The van der Waals surface area contributed by atoms with E-state index in [1.807, 2.05) is 6.92 Å². The minimum absolute atomic E-state index is 0.176. The van der Waals surface area contributed by atoms with Gasteiger partial charge < -0.3 is 4.74 Å². The van der Waals surface area contributed by atoms with Crippen molar-refractivity contribution < 1.29 is 9.53 Å². The zero-order valence-corrected chi connectivity index (χ0v) is 11.8. The molecule has 0 unspecified atom stereocenters. The first kappa shape index (κ1) is 12.7. The molecule has 0 aromatic carbocycles. The largest absolute Gasteiger partial charge is 0.462 e. The molecule has 0 bridgehead atoms. The highest BCUT2D eigenvalue weighted by atomic mass is 127. The molecule has 0 aromatic heterocycles. The highest BCUT2D eigenvalue weighted by Crippen LogP contribution is 2.38. The van der Waals surface area contributed by atoms with E-state index in [0.717, 1.165) is 19.3 Å². The number of hydrogen-bond donors (Lipinski definition) is 0. The van der Waals surface area contributed by atoms with Crippen LogP contribution in [0.15, 0.2) is 7.82 Å². The molecule has 1 aliphatic rings. The molecule has 0 aliphatic carbocycles. The number of hydrogen-bond acceptors (Lipinski definition) is 4. The topological polar surface area (TPSA) is 26.3 Å². The summed E-state index contributed by atoms with van der Waals surface area (Å²) >= 11 is 5.65. The van der Waals surface area contributed by atoms with E-state index in [4.69, 9.17) is 4.74 Å². The molecule has 5 heteroatoms. The lowest BCUT2D eigenvalue weighted by molar-refractivity contribution is -0.137. The lowest BCUT2D eigenvalue weighted by atomic mass is 10.4. The van der Waals surface area contributed by atoms with Crippen molar-refractivity contribution in [1.82, 2.24) is 0 Å². The molecule has 1 aliphatic heterocycles. The van der Waals surface area contributed by atoms with Gasteiger partial charge in [-0.2, -0.15) is 0 Å². The van der Waals surface area contributed by atoms with Crippen LogP contribution in [0.25, 0.3) is 0 Å². The van der Waals surface area contributed by atoms with Crippen molar-refractivity contribution in [3.63, 3.8) is 0 Å². The zero-order chi connectivity index (χ0) is 10.4. The third-order valence-electron chi connectivity index (χ3n) is 1.64. The summed E-state index contributed by atoms with van der Waals surface area (Å²) in [5, 5.41) is 0. The van der Waals surface area contributed by atoms with Crippen molar-refractivity contribution in [1.29, 1.82) is 0 Å². The first-order valence-electron chi connectivity index (χ1n) is 4.58. The van der Waals surface area contributed by atoms with Gasteiger partial charge in [-0.3, -0.25) is 0 Å². The molecule has 1 fully saturated rings. The molecule has 80 valence electrons.